The third-order valence-corrected chi connectivity index (χ3v) is 18.4. The molecule has 0 N–H and O–H groups in total. The maximum Gasteiger partial charge on any atom is 0.264 e. The Kier molecular flexibility index (Phi) is 9.98. The molecule has 0 fully saturated rings. The van der Waals surface area contributed by atoms with Gasteiger partial charge in [0.15, 0.2) is 0 Å². The van der Waals surface area contributed by atoms with Crippen molar-refractivity contribution in [3.05, 3.63) is 179 Å². The summed E-state index contributed by atoms with van der Waals surface area (Å²) in [7, 11) is 0. The molecule has 3 nitrogen and oxygen atoms in total. The van der Waals surface area contributed by atoms with Crippen molar-refractivity contribution < 1.29 is 0 Å². The second kappa shape index (κ2) is 15.5. The number of rotatable bonds is 5. The van der Waals surface area contributed by atoms with E-state index in [9.17, 15) is 0 Å². The molecule has 12 rings (SSSR count). The zero-order chi connectivity index (χ0) is 48.9. The summed E-state index contributed by atoms with van der Waals surface area (Å²) in [4.78, 5) is 7.87. The van der Waals surface area contributed by atoms with E-state index in [0.29, 0.717) is 0 Å². The van der Waals surface area contributed by atoms with E-state index in [1.807, 2.05) is 11.3 Å². The van der Waals surface area contributed by atoms with Crippen LogP contribution in [-0.2, 0) is 27.1 Å². The summed E-state index contributed by atoms with van der Waals surface area (Å²) in [5.41, 5.74) is 22.6. The van der Waals surface area contributed by atoms with Crippen LogP contribution in [-0.4, -0.2) is 6.71 Å². The molecule has 0 bridgehead atoms. The molecule has 352 valence electrons. The second-order valence-electron chi connectivity index (χ2n) is 24.8. The highest BCUT2D eigenvalue weighted by molar-refractivity contribution is 7.33. The van der Waals surface area contributed by atoms with Crippen LogP contribution in [0.5, 0.6) is 0 Å². The Balaban J connectivity index is 1.25. The first-order valence-corrected chi connectivity index (χ1v) is 26.7. The van der Waals surface area contributed by atoms with Crippen LogP contribution in [0.25, 0.3) is 10.1 Å². The molecule has 3 heterocycles. The van der Waals surface area contributed by atoms with Gasteiger partial charge < -0.3 is 14.7 Å². The monoisotopic (exact) mass is 934 g/mol. The van der Waals surface area contributed by atoms with E-state index >= 15 is 0 Å². The lowest BCUT2D eigenvalue weighted by Crippen LogP contribution is -2.61. The molecule has 4 aliphatic rings. The summed E-state index contributed by atoms with van der Waals surface area (Å²) in [6.07, 6.45) is 4.68. The molecule has 0 saturated heterocycles. The molecule has 5 heteroatoms. The number of benzene rings is 7. The minimum Gasteiger partial charge on any atom is -0.311 e. The third-order valence-electron chi connectivity index (χ3n) is 17.2. The quantitative estimate of drug-likeness (QED) is 0.159. The zero-order valence-corrected chi connectivity index (χ0v) is 44.3. The minimum absolute atomic E-state index is 0.0177. The highest BCUT2D eigenvalue weighted by Crippen LogP contribution is 2.55. The maximum absolute atomic E-state index is 2.71. The van der Waals surface area contributed by atoms with Crippen LogP contribution >= 0.6 is 11.3 Å². The average Bonchev–Trinajstić information content (AvgIpc) is 3.71. The lowest BCUT2D eigenvalue weighted by atomic mass is 9.35. The van der Waals surface area contributed by atoms with Gasteiger partial charge in [-0.2, -0.15) is 0 Å². The number of fused-ring (bicyclic) bond motifs is 8. The highest BCUT2D eigenvalue weighted by Gasteiger charge is 2.49. The molecule has 8 aromatic rings. The third kappa shape index (κ3) is 6.88. The first-order chi connectivity index (χ1) is 33.2. The molecular formula is C65H68BN3S. The van der Waals surface area contributed by atoms with Crippen LogP contribution in [0.15, 0.2) is 146 Å². The molecule has 0 amide bonds. The second-order valence-corrected chi connectivity index (χ2v) is 25.9. The molecule has 0 radical (unpaired) electrons. The van der Waals surface area contributed by atoms with Gasteiger partial charge in [-0.3, -0.25) is 0 Å². The van der Waals surface area contributed by atoms with Gasteiger partial charge in [0, 0.05) is 54.7 Å². The number of thiophene rings is 1. The summed E-state index contributed by atoms with van der Waals surface area (Å²) < 4.78 is 2.75. The van der Waals surface area contributed by atoms with E-state index < -0.39 is 0 Å². The first kappa shape index (κ1) is 45.1. The van der Waals surface area contributed by atoms with Crippen LogP contribution in [0.1, 0.15) is 135 Å². The molecule has 2 aliphatic carbocycles. The zero-order valence-electron chi connectivity index (χ0n) is 43.5. The Morgan fingerprint density at radius 1 is 0.500 bits per heavy atom. The van der Waals surface area contributed by atoms with Crippen molar-refractivity contribution in [1.82, 2.24) is 0 Å². The molecule has 0 unspecified atom stereocenters. The van der Waals surface area contributed by atoms with Gasteiger partial charge in [0.05, 0.1) is 11.4 Å². The van der Waals surface area contributed by atoms with Crippen molar-refractivity contribution in [3.63, 3.8) is 0 Å². The molecule has 2 aliphatic heterocycles. The molecule has 0 saturated carbocycles. The fraction of sp³-hybridized carbons (Fsp3) is 0.323. The molecule has 7 aromatic carbocycles. The summed E-state index contributed by atoms with van der Waals surface area (Å²) in [6, 6.07) is 56.4. The van der Waals surface area contributed by atoms with E-state index in [2.05, 4.69) is 243 Å². The van der Waals surface area contributed by atoms with E-state index in [0.717, 1.165) is 29.9 Å². The van der Waals surface area contributed by atoms with Gasteiger partial charge in [-0.15, -0.1) is 11.3 Å². The summed E-state index contributed by atoms with van der Waals surface area (Å²) in [5.74, 6) is 0. The van der Waals surface area contributed by atoms with Crippen molar-refractivity contribution in [2.75, 3.05) is 14.7 Å². The number of hydrogen-bond donors (Lipinski definition) is 0. The summed E-state index contributed by atoms with van der Waals surface area (Å²) in [5, 5.41) is 1.31. The Bertz CT molecular complexity index is 3370. The van der Waals surface area contributed by atoms with Crippen molar-refractivity contribution in [1.29, 1.82) is 0 Å². The van der Waals surface area contributed by atoms with Gasteiger partial charge in [-0.25, -0.2) is 0 Å². The van der Waals surface area contributed by atoms with Crippen LogP contribution in [0.2, 0.25) is 0 Å². The molecule has 70 heavy (non-hydrogen) atoms. The first-order valence-electron chi connectivity index (χ1n) is 25.9. The van der Waals surface area contributed by atoms with Crippen molar-refractivity contribution >= 4 is 95.0 Å². The average molecular weight is 934 g/mol. The minimum atomic E-state index is 0.0177. The number of hydrogen-bond acceptors (Lipinski definition) is 4. The Morgan fingerprint density at radius 2 is 1.04 bits per heavy atom. The van der Waals surface area contributed by atoms with E-state index in [1.54, 1.807) is 0 Å². The van der Waals surface area contributed by atoms with Crippen molar-refractivity contribution in [3.8, 4) is 0 Å². The van der Waals surface area contributed by atoms with Crippen molar-refractivity contribution in [2.45, 2.75) is 136 Å². The highest BCUT2D eigenvalue weighted by atomic mass is 32.1. The van der Waals surface area contributed by atoms with Crippen molar-refractivity contribution in [2.24, 2.45) is 0 Å². The lowest BCUT2D eigenvalue weighted by Gasteiger charge is -2.48. The summed E-state index contributed by atoms with van der Waals surface area (Å²) in [6.45, 7) is 29.1. The van der Waals surface area contributed by atoms with Gasteiger partial charge >= 0.3 is 0 Å². The maximum atomic E-state index is 2.71. The Hall–Kier alpha value is -6.04. The standard InChI is InChI=1S/C65H68BN3S/c1-41-35-42(61(2,3)4)27-30-53(41)69-56-38-46(67(43-21-15-13-16-22-43)44-23-17-14-18-24-44)37-55-58(56)66(60-59(69)47-25-19-20-26-57(47)70-60)52-39-50-51(65(11,12)34-33-64(50,9)10)40-54(52)68(55)45-28-29-48-49(36-45)63(7,8)32-31-62(48,5)6/h13-30,35-40H,31-34H2,1-12H3. The van der Waals surface area contributed by atoms with Crippen LogP contribution in [0.3, 0.4) is 0 Å². The fourth-order valence-electron chi connectivity index (χ4n) is 12.8. The smallest absolute Gasteiger partial charge is 0.264 e. The largest absolute Gasteiger partial charge is 0.311 e. The van der Waals surface area contributed by atoms with E-state index in [1.165, 1.54) is 106 Å². The van der Waals surface area contributed by atoms with Crippen LogP contribution < -0.4 is 30.4 Å². The molecule has 0 spiro atoms. The van der Waals surface area contributed by atoms with Gasteiger partial charge in [-0.05, 0) is 171 Å². The van der Waals surface area contributed by atoms with Gasteiger partial charge in [0.2, 0.25) is 0 Å². The van der Waals surface area contributed by atoms with E-state index in [4.69, 9.17) is 0 Å². The molecule has 1 aromatic heterocycles. The predicted molar refractivity (Wildman–Crippen MR) is 305 cm³/mol. The molecular weight excluding hydrogens is 866 g/mol. The number of aryl methyl sites for hydroxylation is 1. The Labute approximate surface area is 422 Å². The van der Waals surface area contributed by atoms with Crippen LogP contribution in [0, 0.1) is 6.92 Å². The van der Waals surface area contributed by atoms with Crippen LogP contribution in [0.4, 0.5) is 51.2 Å². The normalized spacial score (nSPS) is 17.9. The van der Waals surface area contributed by atoms with Gasteiger partial charge in [0.25, 0.3) is 6.71 Å². The fourth-order valence-corrected chi connectivity index (χ4v) is 14.1. The molecule has 0 atom stereocenters. The van der Waals surface area contributed by atoms with Gasteiger partial charge in [-0.1, -0.05) is 155 Å². The van der Waals surface area contributed by atoms with E-state index in [-0.39, 0.29) is 33.8 Å². The number of para-hydroxylation sites is 2. The predicted octanol–water partition coefficient (Wildman–Crippen LogP) is 16.8. The lowest BCUT2D eigenvalue weighted by molar-refractivity contribution is 0.332. The summed E-state index contributed by atoms with van der Waals surface area (Å²) >= 11 is 2.00. The number of anilines is 9. The SMILES string of the molecule is Cc1cc(C(C)(C)C)ccc1N1c2cc(N(c3ccccc3)c3ccccc3)cc3c2B(c2cc4c(cc2N3c2ccc3c(c2)C(C)(C)CCC3(C)C)C(C)(C)CCC4(C)C)c2sc3ccccc3c21. The van der Waals surface area contributed by atoms with Gasteiger partial charge in [0.1, 0.15) is 0 Å². The Morgan fingerprint density at radius 3 is 1.64 bits per heavy atom. The topological polar surface area (TPSA) is 9.72 Å². The number of nitrogens with zero attached hydrogens (tertiary/aromatic N) is 3.